The van der Waals surface area contributed by atoms with Crippen molar-refractivity contribution < 1.29 is 22.4 Å². The fraction of sp³-hybridized carbons (Fsp3) is 0.190. The number of halogens is 3. The van der Waals surface area contributed by atoms with Crippen molar-refractivity contribution in [2.75, 3.05) is 6.54 Å². The van der Waals surface area contributed by atoms with Gasteiger partial charge in [0.25, 0.3) is 5.91 Å². The van der Waals surface area contributed by atoms with E-state index in [0.29, 0.717) is 6.54 Å². The first kappa shape index (κ1) is 18.8. The Morgan fingerprint density at radius 2 is 1.78 bits per heavy atom. The summed E-state index contributed by atoms with van der Waals surface area (Å²) in [4.78, 5) is 12.3. The highest BCUT2D eigenvalue weighted by atomic mass is 19.4. The second-order valence-electron chi connectivity index (χ2n) is 6.26. The maximum atomic E-state index is 12.8. The van der Waals surface area contributed by atoms with E-state index < -0.39 is 17.6 Å². The fourth-order valence-electron chi connectivity index (χ4n) is 2.70. The van der Waals surface area contributed by atoms with Gasteiger partial charge in [0.05, 0.1) is 5.56 Å². The van der Waals surface area contributed by atoms with Crippen molar-refractivity contribution in [1.29, 1.82) is 0 Å². The number of amides is 1. The maximum Gasteiger partial charge on any atom is 0.416 e. The topological polar surface area (TPSA) is 42.2 Å². The predicted molar refractivity (Wildman–Crippen MR) is 96.3 cm³/mol. The molecule has 27 heavy (non-hydrogen) atoms. The summed E-state index contributed by atoms with van der Waals surface area (Å²) < 4.78 is 44.0. The molecule has 0 fully saturated rings. The van der Waals surface area contributed by atoms with E-state index in [2.05, 4.69) is 5.32 Å². The second-order valence-corrected chi connectivity index (χ2v) is 6.26. The molecule has 1 N–H and O–H groups in total. The smallest absolute Gasteiger partial charge is 0.416 e. The van der Waals surface area contributed by atoms with Gasteiger partial charge in [0.15, 0.2) is 5.76 Å². The molecule has 0 saturated carbocycles. The third kappa shape index (κ3) is 4.58. The van der Waals surface area contributed by atoms with Gasteiger partial charge in [0.1, 0.15) is 5.76 Å². The lowest BCUT2D eigenvalue weighted by Gasteiger charge is -2.12. The summed E-state index contributed by atoms with van der Waals surface area (Å²) in [7, 11) is 0. The highest BCUT2D eigenvalue weighted by Gasteiger charge is 2.30. The molecule has 1 heterocycles. The minimum absolute atomic E-state index is 0.0580. The van der Waals surface area contributed by atoms with Crippen molar-refractivity contribution in [2.24, 2.45) is 0 Å². The zero-order chi connectivity index (χ0) is 19.4. The predicted octanol–water partition coefficient (Wildman–Crippen LogP) is 5.50. The van der Waals surface area contributed by atoms with Crippen molar-refractivity contribution in [3.8, 4) is 11.3 Å². The standard InChI is InChI=1S/C21H18F3NO2/c1-14(15-6-3-2-4-7-15)13-25-20(26)19-11-10-18(27-19)16-8-5-9-17(12-16)21(22,23)24/h2-12,14H,13H2,1H3,(H,25,26). The SMILES string of the molecule is CC(CNC(=O)c1ccc(-c2cccc(C(F)(F)F)c2)o1)c1ccccc1. The molecule has 2 aromatic carbocycles. The Morgan fingerprint density at radius 1 is 1.04 bits per heavy atom. The lowest BCUT2D eigenvalue weighted by Crippen LogP contribution is -2.27. The van der Waals surface area contributed by atoms with E-state index in [1.54, 1.807) is 0 Å². The highest BCUT2D eigenvalue weighted by molar-refractivity contribution is 5.92. The van der Waals surface area contributed by atoms with Crippen LogP contribution in [0.3, 0.4) is 0 Å². The molecule has 3 aromatic rings. The number of alkyl halides is 3. The summed E-state index contributed by atoms with van der Waals surface area (Å²) in [6.45, 7) is 2.41. The summed E-state index contributed by atoms with van der Waals surface area (Å²) in [6.07, 6.45) is -4.43. The lowest BCUT2D eigenvalue weighted by molar-refractivity contribution is -0.137. The van der Waals surface area contributed by atoms with Crippen LogP contribution in [-0.2, 0) is 6.18 Å². The summed E-state index contributed by atoms with van der Waals surface area (Å²) in [5.41, 5.74) is 0.600. The van der Waals surface area contributed by atoms with Gasteiger partial charge in [-0.3, -0.25) is 4.79 Å². The van der Waals surface area contributed by atoms with Crippen LogP contribution in [0.15, 0.2) is 71.1 Å². The van der Waals surface area contributed by atoms with Crippen molar-refractivity contribution in [3.63, 3.8) is 0 Å². The molecular formula is C21H18F3NO2. The molecule has 0 bridgehead atoms. The number of hydrogen-bond donors (Lipinski definition) is 1. The average Bonchev–Trinajstić information content (AvgIpc) is 3.16. The first-order valence-corrected chi connectivity index (χ1v) is 8.45. The second kappa shape index (κ2) is 7.70. The molecule has 1 amide bonds. The lowest BCUT2D eigenvalue weighted by atomic mass is 10.0. The Hall–Kier alpha value is -3.02. The Balaban J connectivity index is 1.68. The quantitative estimate of drug-likeness (QED) is 0.642. The molecule has 0 spiro atoms. The molecule has 6 heteroatoms. The van der Waals surface area contributed by atoms with Crippen LogP contribution in [0.4, 0.5) is 13.2 Å². The van der Waals surface area contributed by atoms with Crippen LogP contribution in [0.25, 0.3) is 11.3 Å². The molecular weight excluding hydrogens is 355 g/mol. The third-order valence-electron chi connectivity index (χ3n) is 4.24. The Bertz CT molecular complexity index is 916. The molecule has 0 aliphatic rings. The van der Waals surface area contributed by atoms with Gasteiger partial charge in [-0.2, -0.15) is 13.2 Å². The van der Waals surface area contributed by atoms with Crippen molar-refractivity contribution in [3.05, 3.63) is 83.6 Å². The normalized spacial score (nSPS) is 12.6. The monoisotopic (exact) mass is 373 g/mol. The summed E-state index contributed by atoms with van der Waals surface area (Å²) >= 11 is 0. The van der Waals surface area contributed by atoms with Crippen LogP contribution < -0.4 is 5.32 Å². The van der Waals surface area contributed by atoms with Gasteiger partial charge in [-0.1, -0.05) is 49.4 Å². The van der Waals surface area contributed by atoms with Crippen LogP contribution in [0, 0.1) is 0 Å². The van der Waals surface area contributed by atoms with Gasteiger partial charge < -0.3 is 9.73 Å². The summed E-state index contributed by atoms with van der Waals surface area (Å²) in [6, 6.07) is 17.5. The Labute approximate surface area is 154 Å². The van der Waals surface area contributed by atoms with E-state index in [9.17, 15) is 18.0 Å². The molecule has 3 nitrogen and oxygen atoms in total. The van der Waals surface area contributed by atoms with Crippen LogP contribution in [0.5, 0.6) is 0 Å². The molecule has 3 rings (SSSR count). The van der Waals surface area contributed by atoms with Crippen LogP contribution >= 0.6 is 0 Å². The number of rotatable bonds is 5. The molecule has 0 aliphatic heterocycles. The number of carbonyl (C=O) groups excluding carboxylic acids is 1. The van der Waals surface area contributed by atoms with Gasteiger partial charge in [0, 0.05) is 12.1 Å². The molecule has 140 valence electrons. The molecule has 1 atom stereocenters. The zero-order valence-electron chi connectivity index (χ0n) is 14.6. The highest BCUT2D eigenvalue weighted by Crippen LogP contribution is 2.32. The summed E-state index contributed by atoms with van der Waals surface area (Å²) in [5.74, 6) is -0.0194. The van der Waals surface area contributed by atoms with Crippen LogP contribution in [0.1, 0.15) is 34.5 Å². The molecule has 1 unspecified atom stereocenters. The maximum absolute atomic E-state index is 12.8. The number of furan rings is 1. The van der Waals surface area contributed by atoms with Gasteiger partial charge in [0.2, 0.25) is 0 Å². The summed E-state index contributed by atoms with van der Waals surface area (Å²) in [5, 5.41) is 2.78. The fourth-order valence-corrected chi connectivity index (χ4v) is 2.70. The van der Waals surface area contributed by atoms with Gasteiger partial charge in [-0.15, -0.1) is 0 Å². The van der Waals surface area contributed by atoms with Gasteiger partial charge >= 0.3 is 6.18 Å². The largest absolute Gasteiger partial charge is 0.451 e. The molecule has 0 aliphatic carbocycles. The number of nitrogens with one attached hydrogen (secondary N) is 1. The van der Waals surface area contributed by atoms with E-state index in [0.717, 1.165) is 17.7 Å². The van der Waals surface area contributed by atoms with Crippen LogP contribution in [-0.4, -0.2) is 12.5 Å². The van der Waals surface area contributed by atoms with Gasteiger partial charge in [-0.25, -0.2) is 0 Å². The minimum Gasteiger partial charge on any atom is -0.451 e. The minimum atomic E-state index is -4.43. The first-order valence-electron chi connectivity index (χ1n) is 8.45. The molecule has 1 aromatic heterocycles. The van der Waals surface area contributed by atoms with Crippen molar-refractivity contribution >= 4 is 5.91 Å². The van der Waals surface area contributed by atoms with E-state index in [-0.39, 0.29) is 23.0 Å². The van der Waals surface area contributed by atoms with Crippen LogP contribution in [0.2, 0.25) is 0 Å². The van der Waals surface area contributed by atoms with Crippen molar-refractivity contribution in [1.82, 2.24) is 5.32 Å². The van der Waals surface area contributed by atoms with E-state index in [4.69, 9.17) is 4.42 Å². The number of hydrogen-bond acceptors (Lipinski definition) is 2. The Morgan fingerprint density at radius 3 is 2.48 bits per heavy atom. The third-order valence-corrected chi connectivity index (χ3v) is 4.24. The van der Waals surface area contributed by atoms with Crippen molar-refractivity contribution in [2.45, 2.75) is 19.0 Å². The first-order chi connectivity index (χ1) is 12.8. The Kier molecular flexibility index (Phi) is 5.35. The van der Waals surface area contributed by atoms with Gasteiger partial charge in [-0.05, 0) is 35.7 Å². The van der Waals surface area contributed by atoms with E-state index in [1.807, 2.05) is 37.3 Å². The van der Waals surface area contributed by atoms with E-state index in [1.165, 1.54) is 24.3 Å². The average molecular weight is 373 g/mol. The molecule has 0 saturated heterocycles. The molecule has 0 radical (unpaired) electrons. The number of benzene rings is 2. The van der Waals surface area contributed by atoms with E-state index >= 15 is 0 Å². The number of carbonyl (C=O) groups is 1. The zero-order valence-corrected chi connectivity index (χ0v) is 14.6.